The van der Waals surface area contributed by atoms with E-state index in [1.54, 1.807) is 0 Å². The van der Waals surface area contributed by atoms with Crippen LogP contribution in [0.4, 0.5) is 0 Å². The molecular weight excluding hydrogens is 310 g/mol. The molecule has 1 unspecified atom stereocenters. The summed E-state index contributed by atoms with van der Waals surface area (Å²) in [7, 11) is -3.44. The molecule has 8 N–H and O–H groups in total. The third kappa shape index (κ3) is 12.6. The molecule has 136 valence electrons. The molecule has 0 saturated carbocycles. The van der Waals surface area contributed by atoms with Crippen molar-refractivity contribution in [2.24, 2.45) is 11.1 Å². The molecule has 0 saturated heterocycles. The highest BCUT2D eigenvalue weighted by atomic mass is 32.3. The molecule has 0 aromatic carbocycles. The van der Waals surface area contributed by atoms with E-state index in [1.807, 2.05) is 13.8 Å². The lowest BCUT2D eigenvalue weighted by atomic mass is 9.87. The Morgan fingerprint density at radius 1 is 1.14 bits per heavy atom. The van der Waals surface area contributed by atoms with Gasteiger partial charge in [-0.15, -0.1) is 0 Å². The maximum Gasteiger partial charge on any atom is 0.0836 e. The molecule has 0 spiro atoms. The minimum Gasteiger partial charge on any atom is -0.390 e. The fraction of sp³-hybridized carbons (Fsp3) is 1.00. The summed E-state index contributed by atoms with van der Waals surface area (Å²) in [5.41, 5.74) is 5.03. The Labute approximate surface area is 135 Å². The molecule has 0 radical (unpaired) electrons. The highest BCUT2D eigenvalue weighted by Gasteiger charge is 2.27. The maximum atomic E-state index is 10.1. The van der Waals surface area contributed by atoms with Crippen LogP contribution < -0.4 is 16.4 Å². The molecular formula is C13H33N3O5S. The second-order valence-corrected chi connectivity index (χ2v) is 7.66. The summed E-state index contributed by atoms with van der Waals surface area (Å²) >= 11 is 0. The van der Waals surface area contributed by atoms with Gasteiger partial charge in [0.05, 0.1) is 23.6 Å². The van der Waals surface area contributed by atoms with E-state index in [0.29, 0.717) is 19.5 Å². The first kappa shape index (κ1) is 22.0. The Kier molecular flexibility index (Phi) is 11.6. The minimum absolute atomic E-state index is 0.107. The summed E-state index contributed by atoms with van der Waals surface area (Å²) in [5.74, 6) is -0.107. The van der Waals surface area contributed by atoms with E-state index < -0.39 is 17.0 Å². The molecule has 0 aliphatic rings. The van der Waals surface area contributed by atoms with Gasteiger partial charge in [0.25, 0.3) is 0 Å². The van der Waals surface area contributed by atoms with E-state index in [4.69, 9.17) is 24.1 Å². The molecule has 0 heterocycles. The van der Waals surface area contributed by atoms with Crippen molar-refractivity contribution in [2.75, 3.05) is 51.7 Å². The van der Waals surface area contributed by atoms with Gasteiger partial charge in [-0.05, 0) is 6.42 Å². The highest BCUT2D eigenvalue weighted by Crippen LogP contribution is 2.32. The van der Waals surface area contributed by atoms with Crippen LogP contribution in [0.1, 0.15) is 20.3 Å². The first-order chi connectivity index (χ1) is 10.2. The summed E-state index contributed by atoms with van der Waals surface area (Å²) in [6.07, 6.45) is -0.302. The zero-order chi connectivity index (χ0) is 17.1. The van der Waals surface area contributed by atoms with Crippen LogP contribution >= 0.6 is 10.9 Å². The van der Waals surface area contributed by atoms with Gasteiger partial charge in [-0.3, -0.25) is 0 Å². The molecule has 0 fully saturated rings. The molecule has 0 amide bonds. The van der Waals surface area contributed by atoms with Crippen molar-refractivity contribution in [3.8, 4) is 0 Å². The van der Waals surface area contributed by atoms with Crippen LogP contribution in [0.25, 0.3) is 0 Å². The van der Waals surface area contributed by atoms with Crippen LogP contribution in [0.5, 0.6) is 0 Å². The molecule has 0 aromatic rings. The Morgan fingerprint density at radius 3 is 2.36 bits per heavy atom. The zero-order valence-electron chi connectivity index (χ0n) is 13.6. The third-order valence-electron chi connectivity index (χ3n) is 3.26. The number of aliphatic hydroxyl groups excluding tert-OH is 1. The van der Waals surface area contributed by atoms with Crippen molar-refractivity contribution >= 4 is 10.9 Å². The van der Waals surface area contributed by atoms with Crippen LogP contribution in [0, 0.1) is 5.41 Å². The number of nitrogens with one attached hydrogen (secondary N) is 2. The van der Waals surface area contributed by atoms with Crippen molar-refractivity contribution in [3.05, 3.63) is 0 Å². The number of ether oxygens (including phenoxy) is 1. The monoisotopic (exact) mass is 343 g/mol. The summed E-state index contributed by atoms with van der Waals surface area (Å²) in [6, 6.07) is 0. The summed E-state index contributed by atoms with van der Waals surface area (Å²) in [5, 5.41) is 16.6. The SMILES string of the molecule is CC(C)(CNCCNCCN)C(O)COCCCS(O)(O)O. The molecule has 0 bridgehead atoms. The van der Waals surface area contributed by atoms with E-state index in [0.717, 1.165) is 19.6 Å². The van der Waals surface area contributed by atoms with Crippen molar-refractivity contribution < 1.29 is 23.5 Å². The van der Waals surface area contributed by atoms with Crippen LogP contribution in [0.2, 0.25) is 0 Å². The molecule has 0 aromatic heterocycles. The predicted octanol–water partition coefficient (Wildman–Crippen LogP) is 0.142. The van der Waals surface area contributed by atoms with Crippen molar-refractivity contribution in [2.45, 2.75) is 26.4 Å². The highest BCUT2D eigenvalue weighted by molar-refractivity contribution is 8.19. The lowest BCUT2D eigenvalue weighted by molar-refractivity contribution is -0.0266. The number of rotatable bonds is 14. The van der Waals surface area contributed by atoms with Gasteiger partial charge < -0.3 is 39.9 Å². The standard InChI is InChI=1S/C13H33N3O5S/c1-13(2,11-16-7-6-15-5-4-14)12(17)10-21-8-3-9-22(18,19)20/h12,15-20H,3-11,14H2,1-2H3. The predicted molar refractivity (Wildman–Crippen MR) is 90.4 cm³/mol. The fourth-order valence-corrected chi connectivity index (χ4v) is 2.21. The Bertz CT molecular complexity index is 277. The second kappa shape index (κ2) is 11.5. The number of hydrogen-bond acceptors (Lipinski definition) is 8. The van der Waals surface area contributed by atoms with E-state index in [9.17, 15) is 5.11 Å². The maximum absolute atomic E-state index is 10.1. The van der Waals surface area contributed by atoms with Gasteiger partial charge in [-0.1, -0.05) is 13.8 Å². The topological polar surface area (TPSA) is 140 Å². The average Bonchev–Trinajstić information content (AvgIpc) is 2.40. The van der Waals surface area contributed by atoms with Gasteiger partial charge in [0.2, 0.25) is 0 Å². The third-order valence-corrected chi connectivity index (χ3v) is 4.10. The first-order valence-electron chi connectivity index (χ1n) is 7.54. The van der Waals surface area contributed by atoms with E-state index in [2.05, 4.69) is 10.6 Å². The van der Waals surface area contributed by atoms with Crippen molar-refractivity contribution in [3.63, 3.8) is 0 Å². The lowest BCUT2D eigenvalue weighted by Crippen LogP contribution is -2.43. The Morgan fingerprint density at radius 2 is 1.77 bits per heavy atom. The largest absolute Gasteiger partial charge is 0.390 e. The summed E-state index contributed by atoms with van der Waals surface area (Å²) < 4.78 is 31.7. The first-order valence-corrected chi connectivity index (χ1v) is 9.22. The lowest BCUT2D eigenvalue weighted by Gasteiger charge is -2.31. The van der Waals surface area contributed by atoms with E-state index in [1.165, 1.54) is 0 Å². The van der Waals surface area contributed by atoms with Gasteiger partial charge in [-0.25, -0.2) is 0 Å². The van der Waals surface area contributed by atoms with Gasteiger partial charge in [0, 0.05) is 50.5 Å². The Hall–Kier alpha value is 0.0300. The molecule has 22 heavy (non-hydrogen) atoms. The fourth-order valence-electron chi connectivity index (χ4n) is 1.71. The van der Waals surface area contributed by atoms with E-state index >= 15 is 0 Å². The van der Waals surface area contributed by atoms with Crippen LogP contribution in [0.3, 0.4) is 0 Å². The number of aliphatic hydroxyl groups is 1. The smallest absolute Gasteiger partial charge is 0.0836 e. The van der Waals surface area contributed by atoms with Gasteiger partial charge in [0.15, 0.2) is 0 Å². The van der Waals surface area contributed by atoms with Crippen molar-refractivity contribution in [1.29, 1.82) is 0 Å². The zero-order valence-corrected chi connectivity index (χ0v) is 14.4. The van der Waals surface area contributed by atoms with Gasteiger partial charge in [0.1, 0.15) is 0 Å². The van der Waals surface area contributed by atoms with Crippen LogP contribution in [-0.4, -0.2) is 76.6 Å². The summed E-state index contributed by atoms with van der Waals surface area (Å²) in [6.45, 7) is 8.02. The van der Waals surface area contributed by atoms with E-state index in [-0.39, 0.29) is 24.4 Å². The van der Waals surface area contributed by atoms with Crippen molar-refractivity contribution in [1.82, 2.24) is 10.6 Å². The minimum atomic E-state index is -3.44. The summed E-state index contributed by atoms with van der Waals surface area (Å²) in [4.78, 5) is 0. The molecule has 8 nitrogen and oxygen atoms in total. The molecule has 1 atom stereocenters. The quantitative estimate of drug-likeness (QED) is 0.221. The van der Waals surface area contributed by atoms with Gasteiger partial charge in [-0.2, -0.15) is 0 Å². The van der Waals surface area contributed by atoms with Gasteiger partial charge >= 0.3 is 0 Å². The van der Waals surface area contributed by atoms with Crippen LogP contribution in [0.15, 0.2) is 0 Å². The Balaban J connectivity index is 3.71. The normalized spacial score (nSPS) is 15.0. The van der Waals surface area contributed by atoms with Crippen LogP contribution in [-0.2, 0) is 4.74 Å². The molecule has 0 aliphatic carbocycles. The number of hydrogen-bond donors (Lipinski definition) is 7. The molecule has 0 rings (SSSR count). The average molecular weight is 343 g/mol. The molecule has 0 aliphatic heterocycles. The second-order valence-electron chi connectivity index (χ2n) is 5.98. The molecule has 9 heteroatoms. The number of nitrogens with two attached hydrogens (primary N) is 1.